The van der Waals surface area contributed by atoms with Gasteiger partial charge in [-0.05, 0) is 0 Å². The zero-order valence-corrected chi connectivity index (χ0v) is 9.16. The summed E-state index contributed by atoms with van der Waals surface area (Å²) >= 11 is 0. The number of rotatable bonds is 4. The molecule has 0 aliphatic rings. The van der Waals surface area contributed by atoms with Crippen LogP contribution in [0.15, 0.2) is 30.3 Å². The van der Waals surface area contributed by atoms with Crippen molar-refractivity contribution in [2.24, 2.45) is 5.73 Å². The van der Waals surface area contributed by atoms with Gasteiger partial charge >= 0.3 is 0 Å². The summed E-state index contributed by atoms with van der Waals surface area (Å²) < 4.78 is 24.2. The van der Waals surface area contributed by atoms with Crippen LogP contribution < -0.4 is 10.5 Å². The molecule has 0 spiro atoms. The van der Waals surface area contributed by atoms with Crippen molar-refractivity contribution in [2.75, 3.05) is 12.8 Å². The Labute approximate surface area is 89.0 Å². The predicted octanol–water partition coefficient (Wildman–Crippen LogP) is -0.660. The number of sulfonamides is 1. The van der Waals surface area contributed by atoms with Gasteiger partial charge in [0.25, 0.3) is 0 Å². The van der Waals surface area contributed by atoms with Gasteiger partial charge < -0.3 is 10.8 Å². The first-order chi connectivity index (χ1) is 6.87. The second-order valence-corrected chi connectivity index (χ2v) is 5.05. The van der Waals surface area contributed by atoms with Crippen LogP contribution in [0.4, 0.5) is 0 Å². The van der Waals surface area contributed by atoms with E-state index in [1.54, 1.807) is 30.3 Å². The predicted molar refractivity (Wildman–Crippen MR) is 57.4 cm³/mol. The van der Waals surface area contributed by atoms with E-state index in [4.69, 9.17) is 5.73 Å². The molecule has 1 rings (SSSR count). The molecule has 0 aliphatic carbocycles. The summed E-state index contributed by atoms with van der Waals surface area (Å²) in [5.74, 6) is 0. The first-order valence-electron chi connectivity index (χ1n) is 4.34. The molecule has 15 heavy (non-hydrogen) atoms. The summed E-state index contributed by atoms with van der Waals surface area (Å²) in [7, 11) is -3.52. The van der Waals surface area contributed by atoms with E-state index in [-0.39, 0.29) is 6.54 Å². The molecule has 4 N–H and O–H groups in total. The van der Waals surface area contributed by atoms with Gasteiger partial charge in [0.15, 0.2) is 5.72 Å². The van der Waals surface area contributed by atoms with E-state index in [0.717, 1.165) is 6.26 Å². The summed E-state index contributed by atoms with van der Waals surface area (Å²) in [6.45, 7) is -0.232. The van der Waals surface area contributed by atoms with Gasteiger partial charge in [-0.2, -0.15) is 4.72 Å². The number of hydrogen-bond acceptors (Lipinski definition) is 4. The fraction of sp³-hybridized carbons (Fsp3) is 0.333. The third kappa shape index (κ3) is 3.28. The van der Waals surface area contributed by atoms with Gasteiger partial charge in [-0.15, -0.1) is 0 Å². The molecule has 0 heterocycles. The lowest BCUT2D eigenvalue weighted by Gasteiger charge is -2.27. The standard InChI is InChI=1S/C9H14N2O3S/c1-15(13,14)11-9(12,7-10)8-5-3-2-4-6-8/h2-6,11-12H,7,10H2,1H3. The van der Waals surface area contributed by atoms with E-state index in [1.165, 1.54) is 0 Å². The molecule has 84 valence electrons. The smallest absolute Gasteiger partial charge is 0.211 e. The minimum Gasteiger partial charge on any atom is -0.369 e. The molecule has 1 unspecified atom stereocenters. The monoisotopic (exact) mass is 230 g/mol. The van der Waals surface area contributed by atoms with E-state index < -0.39 is 15.7 Å². The lowest BCUT2D eigenvalue weighted by atomic mass is 10.0. The van der Waals surface area contributed by atoms with E-state index in [1.807, 2.05) is 0 Å². The van der Waals surface area contributed by atoms with Gasteiger partial charge in [-0.25, -0.2) is 8.42 Å². The Balaban J connectivity index is 3.06. The van der Waals surface area contributed by atoms with Crippen LogP contribution in [0.1, 0.15) is 5.56 Å². The molecule has 1 aromatic rings. The third-order valence-electron chi connectivity index (χ3n) is 1.90. The normalized spacial score (nSPS) is 15.9. The zero-order chi connectivity index (χ0) is 11.5. The average Bonchev–Trinajstić information content (AvgIpc) is 2.16. The van der Waals surface area contributed by atoms with Crippen LogP contribution in [0.25, 0.3) is 0 Å². The average molecular weight is 230 g/mol. The summed E-state index contributed by atoms with van der Waals surface area (Å²) in [6, 6.07) is 8.36. The topological polar surface area (TPSA) is 92.4 Å². The van der Waals surface area contributed by atoms with Gasteiger partial charge in [0, 0.05) is 12.1 Å². The number of benzene rings is 1. The molecule has 0 aromatic heterocycles. The highest BCUT2D eigenvalue weighted by Gasteiger charge is 2.30. The molecular formula is C9H14N2O3S. The fourth-order valence-electron chi connectivity index (χ4n) is 1.24. The fourth-order valence-corrected chi connectivity index (χ4v) is 2.05. The molecular weight excluding hydrogens is 216 g/mol. The molecule has 1 aromatic carbocycles. The van der Waals surface area contributed by atoms with E-state index in [0.29, 0.717) is 5.56 Å². The molecule has 0 bridgehead atoms. The number of aliphatic hydroxyl groups is 1. The van der Waals surface area contributed by atoms with Crippen molar-refractivity contribution < 1.29 is 13.5 Å². The van der Waals surface area contributed by atoms with Crippen molar-refractivity contribution in [3.63, 3.8) is 0 Å². The van der Waals surface area contributed by atoms with Crippen LogP contribution >= 0.6 is 0 Å². The van der Waals surface area contributed by atoms with Gasteiger partial charge in [0.05, 0.1) is 6.26 Å². The Kier molecular flexibility index (Phi) is 3.46. The van der Waals surface area contributed by atoms with E-state index in [2.05, 4.69) is 4.72 Å². The molecule has 5 nitrogen and oxygen atoms in total. The first kappa shape index (κ1) is 12.1. The summed E-state index contributed by atoms with van der Waals surface area (Å²) in [5, 5.41) is 10.0. The van der Waals surface area contributed by atoms with Crippen LogP contribution in [-0.4, -0.2) is 26.3 Å². The van der Waals surface area contributed by atoms with Crippen molar-refractivity contribution in [1.29, 1.82) is 0 Å². The second kappa shape index (κ2) is 4.28. The number of nitrogens with two attached hydrogens (primary N) is 1. The van der Waals surface area contributed by atoms with Crippen molar-refractivity contribution in [3.8, 4) is 0 Å². The lowest BCUT2D eigenvalue weighted by molar-refractivity contribution is 0.0343. The molecule has 1 atom stereocenters. The molecule has 6 heteroatoms. The maximum atomic E-state index is 11.1. The SMILES string of the molecule is CS(=O)(=O)NC(O)(CN)c1ccccc1. The zero-order valence-electron chi connectivity index (χ0n) is 8.34. The molecule has 0 saturated heterocycles. The molecule has 0 radical (unpaired) electrons. The third-order valence-corrected chi connectivity index (χ3v) is 2.61. The van der Waals surface area contributed by atoms with Crippen LogP contribution in [-0.2, 0) is 15.7 Å². The van der Waals surface area contributed by atoms with Crippen LogP contribution in [0.5, 0.6) is 0 Å². The minimum absolute atomic E-state index is 0.232. The van der Waals surface area contributed by atoms with Crippen LogP contribution in [0.3, 0.4) is 0 Å². The van der Waals surface area contributed by atoms with Crippen molar-refractivity contribution >= 4 is 10.0 Å². The van der Waals surface area contributed by atoms with Crippen molar-refractivity contribution in [2.45, 2.75) is 5.72 Å². The molecule has 0 saturated carbocycles. The lowest BCUT2D eigenvalue weighted by Crippen LogP contribution is -2.50. The van der Waals surface area contributed by atoms with Gasteiger partial charge in [-0.3, -0.25) is 0 Å². The van der Waals surface area contributed by atoms with Gasteiger partial charge in [0.1, 0.15) is 0 Å². The van der Waals surface area contributed by atoms with E-state index >= 15 is 0 Å². The molecule has 0 fully saturated rings. The Bertz CT molecular complexity index is 418. The highest BCUT2D eigenvalue weighted by atomic mass is 32.2. The second-order valence-electron chi connectivity index (χ2n) is 3.30. The Morgan fingerprint density at radius 1 is 1.40 bits per heavy atom. The van der Waals surface area contributed by atoms with Crippen LogP contribution in [0, 0.1) is 0 Å². The minimum atomic E-state index is -3.52. The molecule has 0 aliphatic heterocycles. The summed E-state index contributed by atoms with van der Waals surface area (Å²) in [6.07, 6.45) is 0.969. The highest BCUT2D eigenvalue weighted by Crippen LogP contribution is 2.16. The van der Waals surface area contributed by atoms with Gasteiger partial charge in [0.2, 0.25) is 10.0 Å². The summed E-state index contributed by atoms with van der Waals surface area (Å²) in [4.78, 5) is 0. The maximum Gasteiger partial charge on any atom is 0.211 e. The highest BCUT2D eigenvalue weighted by molar-refractivity contribution is 7.88. The Morgan fingerprint density at radius 3 is 2.33 bits per heavy atom. The Morgan fingerprint density at radius 2 is 1.93 bits per heavy atom. The number of hydrogen-bond donors (Lipinski definition) is 3. The quantitative estimate of drug-likeness (QED) is 0.599. The van der Waals surface area contributed by atoms with E-state index in [9.17, 15) is 13.5 Å². The van der Waals surface area contributed by atoms with Gasteiger partial charge in [-0.1, -0.05) is 30.3 Å². The largest absolute Gasteiger partial charge is 0.369 e. The van der Waals surface area contributed by atoms with Crippen LogP contribution in [0.2, 0.25) is 0 Å². The van der Waals surface area contributed by atoms with Crippen molar-refractivity contribution in [3.05, 3.63) is 35.9 Å². The number of nitrogens with one attached hydrogen (secondary N) is 1. The Hall–Kier alpha value is -0.950. The van der Waals surface area contributed by atoms with Crippen molar-refractivity contribution in [1.82, 2.24) is 4.72 Å². The maximum absolute atomic E-state index is 11.1. The molecule has 0 amide bonds. The summed E-state index contributed by atoms with van der Waals surface area (Å²) in [5.41, 5.74) is 4.04. The first-order valence-corrected chi connectivity index (χ1v) is 6.23.